The number of benzene rings is 2. The predicted octanol–water partition coefficient (Wildman–Crippen LogP) is 1.95. The highest BCUT2D eigenvalue weighted by molar-refractivity contribution is 6.42. The van der Waals surface area contributed by atoms with E-state index < -0.39 is 48.3 Å². The summed E-state index contributed by atoms with van der Waals surface area (Å²) in [6, 6.07) is 12.3. The molecule has 0 fully saturated rings. The molecule has 0 radical (unpaired) electrons. The molecular weight excluding hydrogens is 598 g/mol. The Hall–Kier alpha value is -5.31. The Balaban J connectivity index is 1.49. The summed E-state index contributed by atoms with van der Waals surface area (Å²) in [5, 5.41) is 19.2. The van der Waals surface area contributed by atoms with Gasteiger partial charge in [-0.2, -0.15) is 0 Å². The van der Waals surface area contributed by atoms with E-state index in [1.54, 1.807) is 48.5 Å². The summed E-state index contributed by atoms with van der Waals surface area (Å²) in [6.07, 6.45) is -2.44. The molecule has 244 valence electrons. The summed E-state index contributed by atoms with van der Waals surface area (Å²) in [5.74, 6) is -2.38. The molecule has 0 bridgehead atoms. The van der Waals surface area contributed by atoms with Crippen molar-refractivity contribution >= 4 is 46.8 Å². The smallest absolute Gasteiger partial charge is 0.407 e. The maximum absolute atomic E-state index is 13.6. The molecule has 0 aliphatic carbocycles. The number of unbranched alkanes of at least 4 members (excludes halogenated alkanes) is 1. The number of aliphatic imine (C=N–C) groups is 1. The number of nitrogens with one attached hydrogen (secondary N) is 4. The number of fused-ring (bicyclic) bond motifs is 1. The van der Waals surface area contributed by atoms with Crippen molar-refractivity contribution in [1.82, 2.24) is 16.0 Å². The van der Waals surface area contributed by atoms with Crippen LogP contribution in [0.15, 0.2) is 58.7 Å². The lowest BCUT2D eigenvalue weighted by Crippen LogP contribution is -2.64. The van der Waals surface area contributed by atoms with E-state index in [4.69, 9.17) is 30.2 Å². The third-order valence-corrected chi connectivity index (χ3v) is 7.25. The number of hydrogen-bond acceptors (Lipinski definition) is 11. The predicted molar refractivity (Wildman–Crippen MR) is 167 cm³/mol. The first-order chi connectivity index (χ1) is 22.1. The molecule has 0 saturated heterocycles. The number of amides is 3. The minimum absolute atomic E-state index is 0.00922. The molecule has 15 nitrogen and oxygen atoms in total. The molecule has 2 aromatic rings. The minimum Gasteiger partial charge on any atom is -0.467 e. The quantitative estimate of drug-likeness (QED) is 0.0673. The first-order valence-electron chi connectivity index (χ1n) is 14.6. The number of oxime groups is 1. The maximum Gasteiger partial charge on any atom is 0.407 e. The molecule has 2 heterocycles. The molecule has 2 aliphatic rings. The Morgan fingerprint density at radius 3 is 2.48 bits per heavy atom. The fraction of sp³-hybridized carbons (Fsp3) is 0.387. The number of nitrogen functional groups attached to an aromatic ring is 1. The number of para-hydroxylation sites is 1. The lowest BCUT2D eigenvalue weighted by atomic mass is 10.0. The summed E-state index contributed by atoms with van der Waals surface area (Å²) >= 11 is 0. The van der Waals surface area contributed by atoms with Gasteiger partial charge in [-0.1, -0.05) is 61.0 Å². The normalized spacial score (nSPS) is 17.7. The van der Waals surface area contributed by atoms with Crippen LogP contribution >= 0.6 is 0 Å². The first kappa shape index (κ1) is 33.6. The number of nitrogens with zero attached hydrogens (tertiary/aromatic N) is 2. The number of methoxy groups -OCH3 is 2. The van der Waals surface area contributed by atoms with Crippen LogP contribution in [0.25, 0.3) is 0 Å². The van der Waals surface area contributed by atoms with Gasteiger partial charge in [0.05, 0.1) is 31.5 Å². The molecule has 3 amide bonds. The summed E-state index contributed by atoms with van der Waals surface area (Å²) in [4.78, 5) is 62.2. The molecule has 0 aromatic heterocycles. The standard InChI is InChI=1S/C31H37N7O8/c1-4-5-14-45-31(42)36-25(30(41)44-3)28(37-29(40)24-26(43-2)20-8-6-7-9-21(20)34-24)35-23(39)16-19-15-22(38-46-19)17-10-12-18(13-11-17)27(32)33/h6-13,19,25-26,28H,4-5,14-16H2,1-3H3,(H3,32,33)(H,35,39)(H,36,42)(H,37,40)/t19?,25?,26?,28-/m1/s1. The number of hydrogen-bond donors (Lipinski definition) is 5. The van der Waals surface area contributed by atoms with Gasteiger partial charge in [0.2, 0.25) is 5.91 Å². The van der Waals surface area contributed by atoms with Gasteiger partial charge in [-0.15, -0.1) is 0 Å². The molecule has 3 unspecified atom stereocenters. The number of esters is 1. The second-order valence-electron chi connectivity index (χ2n) is 10.5. The number of ether oxygens (including phenoxy) is 3. The molecule has 46 heavy (non-hydrogen) atoms. The van der Waals surface area contributed by atoms with Crippen LogP contribution < -0.4 is 21.7 Å². The van der Waals surface area contributed by atoms with Gasteiger partial charge >= 0.3 is 12.1 Å². The van der Waals surface area contributed by atoms with Crippen molar-refractivity contribution in [1.29, 1.82) is 5.41 Å². The molecule has 2 aliphatic heterocycles. The van der Waals surface area contributed by atoms with Crippen molar-refractivity contribution < 1.29 is 38.2 Å². The van der Waals surface area contributed by atoms with Crippen molar-refractivity contribution in [3.05, 3.63) is 65.2 Å². The van der Waals surface area contributed by atoms with Gasteiger partial charge in [-0.25, -0.2) is 14.6 Å². The third-order valence-electron chi connectivity index (χ3n) is 7.25. The van der Waals surface area contributed by atoms with Crippen LogP contribution in [0, 0.1) is 5.41 Å². The zero-order valence-corrected chi connectivity index (χ0v) is 25.7. The fourth-order valence-corrected chi connectivity index (χ4v) is 4.85. The third kappa shape index (κ3) is 8.24. The molecule has 4 rings (SSSR count). The largest absolute Gasteiger partial charge is 0.467 e. The van der Waals surface area contributed by atoms with E-state index in [0.717, 1.165) is 19.1 Å². The molecule has 2 aromatic carbocycles. The van der Waals surface area contributed by atoms with Crippen LogP contribution in [-0.4, -0.2) is 80.3 Å². The number of rotatable bonds is 14. The highest BCUT2D eigenvalue weighted by Crippen LogP contribution is 2.35. The average Bonchev–Trinajstić information content (AvgIpc) is 3.67. The number of carbonyl (C=O) groups is 4. The van der Waals surface area contributed by atoms with E-state index in [2.05, 4.69) is 26.1 Å². The lowest BCUT2D eigenvalue weighted by Gasteiger charge is -2.28. The van der Waals surface area contributed by atoms with Crippen LogP contribution in [0.4, 0.5) is 10.5 Å². The Bertz CT molecular complexity index is 1520. The van der Waals surface area contributed by atoms with E-state index in [-0.39, 0.29) is 31.0 Å². The second-order valence-corrected chi connectivity index (χ2v) is 10.5. The van der Waals surface area contributed by atoms with Crippen LogP contribution in [0.2, 0.25) is 0 Å². The Kier molecular flexibility index (Phi) is 11.4. The zero-order valence-electron chi connectivity index (χ0n) is 25.7. The molecule has 15 heteroatoms. The van der Waals surface area contributed by atoms with Gasteiger partial charge in [0.25, 0.3) is 5.91 Å². The molecule has 0 saturated carbocycles. The van der Waals surface area contributed by atoms with Crippen molar-refractivity contribution in [2.75, 3.05) is 20.8 Å². The average molecular weight is 636 g/mol. The first-order valence-corrected chi connectivity index (χ1v) is 14.6. The fourth-order valence-electron chi connectivity index (χ4n) is 4.85. The summed E-state index contributed by atoms with van der Waals surface area (Å²) in [7, 11) is 2.53. The van der Waals surface area contributed by atoms with Gasteiger partial charge in [0.1, 0.15) is 29.9 Å². The summed E-state index contributed by atoms with van der Waals surface area (Å²) in [6.45, 7) is 2.02. The second kappa shape index (κ2) is 15.6. The van der Waals surface area contributed by atoms with E-state index in [0.29, 0.717) is 28.9 Å². The zero-order chi connectivity index (χ0) is 33.2. The highest BCUT2D eigenvalue weighted by Gasteiger charge is 2.38. The van der Waals surface area contributed by atoms with Crippen molar-refractivity contribution in [3.63, 3.8) is 0 Å². The van der Waals surface area contributed by atoms with Gasteiger partial charge in [-0.3, -0.25) is 15.0 Å². The number of alkyl carbamates (subject to hydrolysis) is 1. The minimum atomic E-state index is -1.58. The van der Waals surface area contributed by atoms with E-state index in [1.807, 2.05) is 6.92 Å². The van der Waals surface area contributed by atoms with Crippen molar-refractivity contribution in [3.8, 4) is 0 Å². The van der Waals surface area contributed by atoms with Crippen LogP contribution in [0.3, 0.4) is 0 Å². The number of amidine groups is 1. The summed E-state index contributed by atoms with van der Waals surface area (Å²) < 4.78 is 15.6. The topological polar surface area (TPSA) is 216 Å². The molecule has 4 atom stereocenters. The van der Waals surface area contributed by atoms with Crippen molar-refractivity contribution in [2.24, 2.45) is 15.9 Å². The van der Waals surface area contributed by atoms with E-state index in [1.165, 1.54) is 7.11 Å². The molecule has 0 spiro atoms. The van der Waals surface area contributed by atoms with Crippen LogP contribution in [0.5, 0.6) is 0 Å². The van der Waals surface area contributed by atoms with Gasteiger partial charge < -0.3 is 40.7 Å². The van der Waals surface area contributed by atoms with Crippen LogP contribution in [0.1, 0.15) is 55.4 Å². The van der Waals surface area contributed by atoms with Crippen molar-refractivity contribution in [2.45, 2.75) is 57.0 Å². The maximum atomic E-state index is 13.6. The van der Waals surface area contributed by atoms with Crippen LogP contribution in [-0.2, 0) is 33.4 Å². The monoisotopic (exact) mass is 635 g/mol. The Morgan fingerprint density at radius 2 is 1.80 bits per heavy atom. The van der Waals surface area contributed by atoms with Gasteiger partial charge in [-0.05, 0) is 18.1 Å². The van der Waals surface area contributed by atoms with E-state index in [9.17, 15) is 19.2 Å². The van der Waals surface area contributed by atoms with E-state index >= 15 is 0 Å². The highest BCUT2D eigenvalue weighted by atomic mass is 16.6. The number of carbonyl (C=O) groups excluding carboxylic acids is 4. The van der Waals surface area contributed by atoms with Gasteiger partial charge in [0, 0.05) is 24.7 Å². The Labute approximate surface area is 265 Å². The molecule has 6 N–H and O–H groups in total. The van der Waals surface area contributed by atoms with Gasteiger partial charge in [0.15, 0.2) is 6.04 Å². The lowest BCUT2D eigenvalue weighted by molar-refractivity contribution is -0.144. The number of nitrogens with two attached hydrogens (primary N) is 1. The Morgan fingerprint density at radius 1 is 1.07 bits per heavy atom. The summed E-state index contributed by atoms with van der Waals surface area (Å²) in [5.41, 5.74) is 8.60. The molecular formula is C31H37N7O8. The SMILES string of the molecule is CCCCOC(=O)NC(C(=O)OC)[C@H](NC(=O)CC1CC(c2ccc(C(=N)N)cc2)=NO1)NC(=O)C1=Nc2ccccc2C1OC.